The van der Waals surface area contributed by atoms with E-state index in [0.29, 0.717) is 12.2 Å². The van der Waals surface area contributed by atoms with Gasteiger partial charge in [-0.15, -0.1) is 0 Å². The Bertz CT molecular complexity index is 479. The van der Waals surface area contributed by atoms with Crippen LogP contribution in [0.3, 0.4) is 0 Å². The second-order valence-electron chi connectivity index (χ2n) is 2.60. The Kier molecular flexibility index (Phi) is 1.60. The van der Waals surface area contributed by atoms with Gasteiger partial charge in [-0.1, -0.05) is 0 Å². The fraction of sp³-hybridized carbons (Fsp3) is 0.125. The molecule has 13 heavy (non-hydrogen) atoms. The van der Waals surface area contributed by atoms with Gasteiger partial charge in [0.25, 0.3) is 0 Å². The standard InChI is InChI=1S/C8H7N5/c9-4-3-6-1-2-7-8(10)11-5-12-13(6)7/h1-2,5H,3H2,(H2,10,11,12). The lowest BCUT2D eigenvalue weighted by atomic mass is 10.3. The van der Waals surface area contributed by atoms with Crippen LogP contribution in [0.2, 0.25) is 0 Å². The fourth-order valence-electron chi connectivity index (χ4n) is 1.22. The number of anilines is 1. The molecule has 0 saturated carbocycles. The van der Waals surface area contributed by atoms with Crippen LogP contribution in [0.4, 0.5) is 5.82 Å². The van der Waals surface area contributed by atoms with Crippen molar-refractivity contribution in [2.45, 2.75) is 6.42 Å². The smallest absolute Gasteiger partial charge is 0.151 e. The summed E-state index contributed by atoms with van der Waals surface area (Å²) in [5.41, 5.74) is 7.18. The summed E-state index contributed by atoms with van der Waals surface area (Å²) >= 11 is 0. The van der Waals surface area contributed by atoms with E-state index < -0.39 is 0 Å². The molecule has 2 aromatic heterocycles. The first-order chi connectivity index (χ1) is 6.33. The van der Waals surface area contributed by atoms with Gasteiger partial charge in [-0.3, -0.25) is 0 Å². The molecule has 0 spiro atoms. The average Bonchev–Trinajstić information content (AvgIpc) is 2.51. The minimum absolute atomic E-state index is 0.324. The number of rotatable bonds is 1. The molecular formula is C8H7N5. The van der Waals surface area contributed by atoms with Gasteiger partial charge in [-0.25, -0.2) is 9.50 Å². The van der Waals surface area contributed by atoms with E-state index in [0.717, 1.165) is 11.2 Å². The number of fused-ring (bicyclic) bond motifs is 1. The lowest BCUT2D eigenvalue weighted by Gasteiger charge is -1.97. The minimum atomic E-state index is 0.324. The maximum absolute atomic E-state index is 8.53. The third-order valence-electron chi connectivity index (χ3n) is 1.82. The van der Waals surface area contributed by atoms with Crippen LogP contribution < -0.4 is 5.73 Å². The van der Waals surface area contributed by atoms with Crippen molar-refractivity contribution in [2.75, 3.05) is 5.73 Å². The summed E-state index contributed by atoms with van der Waals surface area (Å²) < 4.78 is 1.63. The highest BCUT2D eigenvalue weighted by Crippen LogP contribution is 2.12. The number of hydrogen-bond acceptors (Lipinski definition) is 4. The molecule has 0 bridgehead atoms. The molecule has 0 radical (unpaired) electrons. The van der Waals surface area contributed by atoms with Gasteiger partial charge in [0.2, 0.25) is 0 Å². The summed E-state index contributed by atoms with van der Waals surface area (Å²) in [6.07, 6.45) is 1.70. The largest absolute Gasteiger partial charge is 0.382 e. The van der Waals surface area contributed by atoms with Crippen molar-refractivity contribution in [3.05, 3.63) is 24.2 Å². The molecule has 0 aliphatic heterocycles. The maximum atomic E-state index is 8.53. The number of aromatic nitrogens is 3. The molecule has 0 unspecified atom stereocenters. The van der Waals surface area contributed by atoms with Gasteiger partial charge >= 0.3 is 0 Å². The monoisotopic (exact) mass is 173 g/mol. The second-order valence-corrected chi connectivity index (χ2v) is 2.60. The number of nitrogens with two attached hydrogens (primary N) is 1. The highest BCUT2D eigenvalue weighted by molar-refractivity contribution is 5.65. The molecule has 5 heteroatoms. The van der Waals surface area contributed by atoms with Crippen molar-refractivity contribution in [2.24, 2.45) is 0 Å². The van der Waals surface area contributed by atoms with Gasteiger partial charge in [-0.2, -0.15) is 10.4 Å². The van der Waals surface area contributed by atoms with Crippen molar-refractivity contribution in [1.29, 1.82) is 5.26 Å². The van der Waals surface area contributed by atoms with Crippen molar-refractivity contribution < 1.29 is 0 Å². The summed E-state index contributed by atoms with van der Waals surface area (Å²) in [5, 5.41) is 12.5. The number of nitriles is 1. The van der Waals surface area contributed by atoms with Crippen LogP contribution in [0.5, 0.6) is 0 Å². The van der Waals surface area contributed by atoms with E-state index in [9.17, 15) is 0 Å². The van der Waals surface area contributed by atoms with Gasteiger partial charge in [0.05, 0.1) is 18.2 Å². The molecule has 0 fully saturated rings. The van der Waals surface area contributed by atoms with Crippen LogP contribution in [0.1, 0.15) is 5.69 Å². The fourth-order valence-corrected chi connectivity index (χ4v) is 1.22. The zero-order valence-corrected chi connectivity index (χ0v) is 6.81. The Labute approximate surface area is 74.4 Å². The van der Waals surface area contributed by atoms with E-state index in [4.69, 9.17) is 11.0 Å². The van der Waals surface area contributed by atoms with Gasteiger partial charge in [-0.05, 0) is 12.1 Å². The lowest BCUT2D eigenvalue weighted by Crippen LogP contribution is -2.01. The van der Waals surface area contributed by atoms with Crippen molar-refractivity contribution in [3.63, 3.8) is 0 Å². The van der Waals surface area contributed by atoms with E-state index in [2.05, 4.69) is 16.2 Å². The zero-order valence-electron chi connectivity index (χ0n) is 6.81. The predicted octanol–water partition coefficient (Wildman–Crippen LogP) is 0.378. The Morgan fingerprint density at radius 1 is 1.54 bits per heavy atom. The summed E-state index contributed by atoms with van der Waals surface area (Å²) in [5.74, 6) is 0.430. The Morgan fingerprint density at radius 3 is 3.15 bits per heavy atom. The van der Waals surface area contributed by atoms with Crippen molar-refractivity contribution in [1.82, 2.24) is 14.6 Å². The number of hydrogen-bond donors (Lipinski definition) is 1. The van der Waals surface area contributed by atoms with E-state index in [1.807, 2.05) is 12.1 Å². The Balaban J connectivity index is 2.70. The van der Waals surface area contributed by atoms with Gasteiger partial charge in [0, 0.05) is 0 Å². The first-order valence-electron chi connectivity index (χ1n) is 3.77. The zero-order chi connectivity index (χ0) is 9.26. The van der Waals surface area contributed by atoms with Crippen LogP contribution >= 0.6 is 0 Å². The molecular weight excluding hydrogens is 166 g/mol. The van der Waals surface area contributed by atoms with Crippen molar-refractivity contribution in [3.8, 4) is 6.07 Å². The molecule has 2 heterocycles. The van der Waals surface area contributed by atoms with Crippen LogP contribution in [-0.2, 0) is 6.42 Å². The van der Waals surface area contributed by atoms with Crippen LogP contribution in [0.15, 0.2) is 18.5 Å². The molecule has 2 aromatic rings. The molecule has 0 saturated heterocycles. The molecule has 5 nitrogen and oxygen atoms in total. The highest BCUT2D eigenvalue weighted by Gasteiger charge is 2.04. The SMILES string of the molecule is N#CCc1ccc2c(N)ncnn12. The van der Waals surface area contributed by atoms with E-state index in [1.54, 1.807) is 4.52 Å². The number of nitrogens with zero attached hydrogens (tertiary/aromatic N) is 4. The normalized spacial score (nSPS) is 10.1. The van der Waals surface area contributed by atoms with Crippen molar-refractivity contribution >= 4 is 11.3 Å². The highest BCUT2D eigenvalue weighted by atomic mass is 15.2. The summed E-state index contributed by atoms with van der Waals surface area (Å²) in [6.45, 7) is 0. The van der Waals surface area contributed by atoms with Crippen LogP contribution in [0.25, 0.3) is 5.52 Å². The molecule has 0 aliphatic rings. The predicted molar refractivity (Wildman–Crippen MR) is 46.7 cm³/mol. The molecule has 64 valence electrons. The molecule has 2 rings (SSSR count). The molecule has 2 N–H and O–H groups in total. The summed E-state index contributed by atoms with van der Waals surface area (Å²) in [6, 6.07) is 5.69. The van der Waals surface area contributed by atoms with Gasteiger partial charge in [0.15, 0.2) is 5.82 Å². The third kappa shape index (κ3) is 1.08. The first-order valence-corrected chi connectivity index (χ1v) is 3.77. The summed E-state index contributed by atoms with van der Waals surface area (Å²) in [7, 11) is 0. The third-order valence-corrected chi connectivity index (χ3v) is 1.82. The van der Waals surface area contributed by atoms with E-state index in [-0.39, 0.29) is 0 Å². The Morgan fingerprint density at radius 2 is 2.38 bits per heavy atom. The van der Waals surface area contributed by atoms with E-state index >= 15 is 0 Å². The summed E-state index contributed by atoms with van der Waals surface area (Å²) in [4.78, 5) is 3.84. The van der Waals surface area contributed by atoms with Crippen LogP contribution in [-0.4, -0.2) is 14.6 Å². The molecule has 0 atom stereocenters. The average molecular weight is 173 g/mol. The molecule has 0 aromatic carbocycles. The van der Waals surface area contributed by atoms with Crippen LogP contribution in [0, 0.1) is 11.3 Å². The van der Waals surface area contributed by atoms with E-state index in [1.165, 1.54) is 6.33 Å². The topological polar surface area (TPSA) is 80.0 Å². The number of nitrogen functional groups attached to an aromatic ring is 1. The van der Waals surface area contributed by atoms with Gasteiger partial charge < -0.3 is 5.73 Å². The maximum Gasteiger partial charge on any atom is 0.151 e. The molecule has 0 aliphatic carbocycles. The van der Waals surface area contributed by atoms with Gasteiger partial charge in [0.1, 0.15) is 11.8 Å². The first kappa shape index (κ1) is 7.55. The quantitative estimate of drug-likeness (QED) is 0.675. The Hall–Kier alpha value is -2.09. The lowest BCUT2D eigenvalue weighted by molar-refractivity contribution is 0.859. The molecule has 0 amide bonds. The second kappa shape index (κ2) is 2.75. The minimum Gasteiger partial charge on any atom is -0.382 e.